The number of thiophene rings is 2. The summed E-state index contributed by atoms with van der Waals surface area (Å²) in [6.45, 7) is 0. The van der Waals surface area contributed by atoms with Gasteiger partial charge in [-0.05, 0) is 58.7 Å². The Kier molecular flexibility index (Phi) is 6.86. The van der Waals surface area contributed by atoms with Crippen LogP contribution < -0.4 is 0 Å². The maximum absolute atomic E-state index is 5.31. The first kappa shape index (κ1) is 29.0. The van der Waals surface area contributed by atoms with Gasteiger partial charge in [-0.1, -0.05) is 127 Å². The first-order chi connectivity index (χ1) is 24.8. The highest BCUT2D eigenvalue weighted by Gasteiger charge is 2.20. The molecule has 0 spiro atoms. The second-order valence-corrected chi connectivity index (χ2v) is 14.5. The van der Waals surface area contributed by atoms with Crippen molar-refractivity contribution in [2.45, 2.75) is 0 Å². The van der Waals surface area contributed by atoms with Gasteiger partial charge in [0.25, 0.3) is 0 Å². The van der Waals surface area contributed by atoms with E-state index < -0.39 is 0 Å². The van der Waals surface area contributed by atoms with E-state index >= 15 is 0 Å². The molecule has 0 aliphatic rings. The molecule has 234 valence electrons. The van der Waals surface area contributed by atoms with Crippen molar-refractivity contribution < 1.29 is 0 Å². The molecule has 5 heteroatoms. The highest BCUT2D eigenvalue weighted by molar-refractivity contribution is 7.26. The lowest BCUT2D eigenvalue weighted by atomic mass is 9.91. The standard InChI is InChI=1S/C45H27N3S2/c1-2-13-28(14-3-1)30-15-4-5-16-31(30)32-17-6-7-19-34(32)44-46-43(29-25-26-40-37(27-29)33-18-8-10-22-38(33)49-40)47-45(48-44)36-21-12-24-41-42(36)35-20-9-11-23-39(35)50-41/h1-27H. The summed E-state index contributed by atoms with van der Waals surface area (Å²) in [5.74, 6) is 1.97. The largest absolute Gasteiger partial charge is 0.208 e. The number of hydrogen-bond acceptors (Lipinski definition) is 5. The third-order valence-electron chi connectivity index (χ3n) is 9.38. The van der Waals surface area contributed by atoms with Crippen LogP contribution in [0.1, 0.15) is 0 Å². The average Bonchev–Trinajstić information content (AvgIpc) is 3.76. The van der Waals surface area contributed by atoms with Crippen LogP contribution in [0, 0.1) is 0 Å². The van der Waals surface area contributed by atoms with Gasteiger partial charge in [0.15, 0.2) is 17.5 Å². The molecule has 0 bridgehead atoms. The molecule has 10 rings (SSSR count). The molecule has 10 aromatic rings. The minimum absolute atomic E-state index is 0.648. The number of aromatic nitrogens is 3. The summed E-state index contributed by atoms with van der Waals surface area (Å²) in [7, 11) is 0. The van der Waals surface area contributed by atoms with Gasteiger partial charge < -0.3 is 0 Å². The first-order valence-corrected chi connectivity index (χ1v) is 18.2. The molecule has 3 heterocycles. The van der Waals surface area contributed by atoms with Crippen molar-refractivity contribution in [1.29, 1.82) is 0 Å². The topological polar surface area (TPSA) is 38.7 Å². The van der Waals surface area contributed by atoms with Crippen LogP contribution in [0.4, 0.5) is 0 Å². The van der Waals surface area contributed by atoms with E-state index in [4.69, 9.17) is 15.0 Å². The number of hydrogen-bond donors (Lipinski definition) is 0. The summed E-state index contributed by atoms with van der Waals surface area (Å²) in [6.07, 6.45) is 0. The molecule has 0 aliphatic heterocycles. The van der Waals surface area contributed by atoms with Crippen molar-refractivity contribution in [2.24, 2.45) is 0 Å². The van der Waals surface area contributed by atoms with Gasteiger partial charge in [0, 0.05) is 57.0 Å². The Morgan fingerprint density at radius 3 is 1.62 bits per heavy atom. The second kappa shape index (κ2) is 11.8. The number of rotatable bonds is 5. The van der Waals surface area contributed by atoms with Crippen molar-refractivity contribution >= 4 is 63.0 Å². The van der Waals surface area contributed by atoms with E-state index in [1.807, 2.05) is 11.3 Å². The van der Waals surface area contributed by atoms with E-state index in [2.05, 4.69) is 164 Å². The molecular weight excluding hydrogens is 647 g/mol. The fourth-order valence-electron chi connectivity index (χ4n) is 7.07. The summed E-state index contributed by atoms with van der Waals surface area (Å²) in [5, 5.41) is 4.86. The Hall–Kier alpha value is -6.01. The Bertz CT molecular complexity index is 2890. The van der Waals surface area contributed by atoms with E-state index in [0.717, 1.165) is 27.8 Å². The first-order valence-electron chi connectivity index (χ1n) is 16.6. The fraction of sp³-hybridized carbons (Fsp3) is 0. The van der Waals surface area contributed by atoms with Gasteiger partial charge in [-0.25, -0.2) is 15.0 Å². The average molecular weight is 674 g/mol. The summed E-state index contributed by atoms with van der Waals surface area (Å²) in [6, 6.07) is 57.9. The molecule has 0 atom stereocenters. The Labute approximate surface area is 296 Å². The molecule has 7 aromatic carbocycles. The van der Waals surface area contributed by atoms with Gasteiger partial charge in [0.05, 0.1) is 0 Å². The zero-order chi connectivity index (χ0) is 33.0. The van der Waals surface area contributed by atoms with E-state index in [0.29, 0.717) is 17.5 Å². The molecule has 0 unspecified atom stereocenters. The Balaban J connectivity index is 1.24. The number of nitrogens with zero attached hydrogens (tertiary/aromatic N) is 3. The third kappa shape index (κ3) is 4.82. The molecule has 0 radical (unpaired) electrons. The van der Waals surface area contributed by atoms with Crippen LogP contribution in [0.5, 0.6) is 0 Å². The van der Waals surface area contributed by atoms with Crippen molar-refractivity contribution in [2.75, 3.05) is 0 Å². The molecule has 0 aliphatic carbocycles. The van der Waals surface area contributed by atoms with Crippen molar-refractivity contribution in [3.63, 3.8) is 0 Å². The molecule has 0 amide bonds. The van der Waals surface area contributed by atoms with Crippen molar-refractivity contribution in [1.82, 2.24) is 15.0 Å². The smallest absolute Gasteiger partial charge is 0.164 e. The molecule has 0 saturated heterocycles. The number of benzene rings is 7. The Morgan fingerprint density at radius 1 is 0.300 bits per heavy atom. The SMILES string of the molecule is c1ccc(-c2ccccc2-c2ccccc2-c2nc(-c3ccc4sc5ccccc5c4c3)nc(-c3cccc4sc5ccccc5c34)n2)cc1. The minimum atomic E-state index is 0.648. The van der Waals surface area contributed by atoms with E-state index in [9.17, 15) is 0 Å². The van der Waals surface area contributed by atoms with Crippen LogP contribution >= 0.6 is 22.7 Å². The predicted molar refractivity (Wildman–Crippen MR) is 213 cm³/mol. The van der Waals surface area contributed by atoms with Crippen LogP contribution in [0.25, 0.3) is 96.8 Å². The van der Waals surface area contributed by atoms with E-state index in [1.165, 1.54) is 51.5 Å². The van der Waals surface area contributed by atoms with Gasteiger partial charge in [-0.2, -0.15) is 0 Å². The van der Waals surface area contributed by atoms with Gasteiger partial charge in [0.1, 0.15) is 0 Å². The molecule has 50 heavy (non-hydrogen) atoms. The quantitative estimate of drug-likeness (QED) is 0.182. The van der Waals surface area contributed by atoms with E-state index in [1.54, 1.807) is 11.3 Å². The lowest BCUT2D eigenvalue weighted by molar-refractivity contribution is 1.08. The van der Waals surface area contributed by atoms with Gasteiger partial charge in [-0.3, -0.25) is 0 Å². The highest BCUT2D eigenvalue weighted by Crippen LogP contribution is 2.42. The fourth-order valence-corrected chi connectivity index (χ4v) is 9.29. The maximum Gasteiger partial charge on any atom is 0.164 e. The lowest BCUT2D eigenvalue weighted by Crippen LogP contribution is -2.01. The van der Waals surface area contributed by atoms with Crippen LogP contribution in [0.2, 0.25) is 0 Å². The Morgan fingerprint density at radius 2 is 0.820 bits per heavy atom. The summed E-state index contributed by atoms with van der Waals surface area (Å²) in [5.41, 5.74) is 7.49. The zero-order valence-corrected chi connectivity index (χ0v) is 28.4. The molecular formula is C45H27N3S2. The van der Waals surface area contributed by atoms with Crippen LogP contribution in [-0.2, 0) is 0 Å². The van der Waals surface area contributed by atoms with Gasteiger partial charge in [-0.15, -0.1) is 22.7 Å². The summed E-state index contributed by atoms with van der Waals surface area (Å²) >= 11 is 3.62. The van der Waals surface area contributed by atoms with Crippen LogP contribution in [0.15, 0.2) is 164 Å². The second-order valence-electron chi connectivity index (χ2n) is 12.3. The number of fused-ring (bicyclic) bond motifs is 6. The summed E-state index contributed by atoms with van der Waals surface area (Å²) in [4.78, 5) is 15.8. The van der Waals surface area contributed by atoms with Crippen molar-refractivity contribution in [3.05, 3.63) is 164 Å². The third-order valence-corrected chi connectivity index (χ3v) is 11.7. The summed E-state index contributed by atoms with van der Waals surface area (Å²) < 4.78 is 5.00. The molecule has 3 aromatic heterocycles. The monoisotopic (exact) mass is 673 g/mol. The van der Waals surface area contributed by atoms with Crippen LogP contribution in [0.3, 0.4) is 0 Å². The minimum Gasteiger partial charge on any atom is -0.208 e. The van der Waals surface area contributed by atoms with E-state index in [-0.39, 0.29) is 0 Å². The van der Waals surface area contributed by atoms with Gasteiger partial charge in [0.2, 0.25) is 0 Å². The predicted octanol–water partition coefficient (Wildman–Crippen LogP) is 12.9. The van der Waals surface area contributed by atoms with Gasteiger partial charge >= 0.3 is 0 Å². The molecule has 0 N–H and O–H groups in total. The normalized spacial score (nSPS) is 11.6. The van der Waals surface area contributed by atoms with Crippen LogP contribution in [-0.4, -0.2) is 15.0 Å². The zero-order valence-electron chi connectivity index (χ0n) is 26.7. The molecule has 0 fully saturated rings. The maximum atomic E-state index is 5.31. The lowest BCUT2D eigenvalue weighted by Gasteiger charge is -2.15. The molecule has 3 nitrogen and oxygen atoms in total. The molecule has 0 saturated carbocycles. The van der Waals surface area contributed by atoms with Crippen molar-refractivity contribution in [3.8, 4) is 56.4 Å². The highest BCUT2D eigenvalue weighted by atomic mass is 32.1.